The Morgan fingerprint density at radius 2 is 2.12 bits per heavy atom. The number of halogens is 3. The summed E-state index contributed by atoms with van der Waals surface area (Å²) in [4.78, 5) is 13.4. The van der Waals surface area contributed by atoms with E-state index in [1.807, 2.05) is 19.1 Å². The summed E-state index contributed by atoms with van der Waals surface area (Å²) in [5.74, 6) is 0.117. The van der Waals surface area contributed by atoms with Gasteiger partial charge in [0.25, 0.3) is 0 Å². The summed E-state index contributed by atoms with van der Waals surface area (Å²) in [6.07, 6.45) is 3.46. The van der Waals surface area contributed by atoms with Crippen LogP contribution in [0.1, 0.15) is 17.4 Å². The molecule has 0 fully saturated rings. The first-order valence-corrected chi connectivity index (χ1v) is 7.93. The fourth-order valence-electron chi connectivity index (χ4n) is 2.13. The highest BCUT2D eigenvalue weighted by Crippen LogP contribution is 2.30. The van der Waals surface area contributed by atoms with Crippen LogP contribution in [0.4, 0.5) is 19.0 Å². The average Bonchev–Trinajstić information content (AvgIpc) is 2.99. The van der Waals surface area contributed by atoms with Crippen LogP contribution in [-0.2, 0) is 6.18 Å². The van der Waals surface area contributed by atoms with Gasteiger partial charge in [0.2, 0.25) is 0 Å². The van der Waals surface area contributed by atoms with E-state index < -0.39 is 17.9 Å². The average molecular weight is 350 g/mol. The summed E-state index contributed by atoms with van der Waals surface area (Å²) in [6.45, 7) is 1.93. The van der Waals surface area contributed by atoms with Crippen molar-refractivity contribution in [2.75, 3.05) is 5.32 Å². The van der Waals surface area contributed by atoms with Gasteiger partial charge in [0.15, 0.2) is 0 Å². The SMILES string of the molecule is CC1=CC(c2cncs2)=NC(Nc2cc(C(F)(F)F)ccn2)C=C1. The Balaban J connectivity index is 1.87. The lowest BCUT2D eigenvalue weighted by molar-refractivity contribution is -0.137. The van der Waals surface area contributed by atoms with Gasteiger partial charge in [-0.25, -0.2) is 4.98 Å². The van der Waals surface area contributed by atoms with Crippen LogP contribution in [0.3, 0.4) is 0 Å². The molecular formula is C16H13F3N4S. The number of hydrogen-bond acceptors (Lipinski definition) is 5. The standard InChI is InChI=1S/C16H13F3N4S/c1-10-2-3-14(22-12(6-10)13-8-20-9-24-13)23-15-7-11(4-5-21-15)16(17,18)19/h2-9,14H,1H3,(H,21,23). The maximum absolute atomic E-state index is 12.8. The zero-order chi connectivity index (χ0) is 17.2. The van der Waals surface area contributed by atoms with Crippen molar-refractivity contribution in [2.24, 2.45) is 4.99 Å². The maximum Gasteiger partial charge on any atom is 0.416 e. The highest BCUT2D eigenvalue weighted by atomic mass is 32.1. The van der Waals surface area contributed by atoms with Crippen LogP contribution in [-0.4, -0.2) is 21.8 Å². The van der Waals surface area contributed by atoms with E-state index in [4.69, 9.17) is 0 Å². The Morgan fingerprint density at radius 3 is 2.83 bits per heavy atom. The van der Waals surface area contributed by atoms with Crippen molar-refractivity contribution in [1.29, 1.82) is 0 Å². The molecule has 1 aliphatic rings. The Kier molecular flexibility index (Phi) is 4.48. The highest BCUT2D eigenvalue weighted by Gasteiger charge is 2.30. The van der Waals surface area contributed by atoms with Crippen LogP contribution >= 0.6 is 11.3 Å². The van der Waals surface area contributed by atoms with Gasteiger partial charge >= 0.3 is 6.18 Å². The number of alkyl halides is 3. The number of hydrogen-bond donors (Lipinski definition) is 1. The molecule has 3 rings (SSSR count). The zero-order valence-corrected chi connectivity index (χ0v) is 13.4. The molecule has 1 unspecified atom stereocenters. The van der Waals surface area contributed by atoms with Crippen molar-refractivity contribution < 1.29 is 13.2 Å². The summed E-state index contributed by atoms with van der Waals surface area (Å²) in [5.41, 5.74) is 2.67. The van der Waals surface area contributed by atoms with Gasteiger partial charge in [0.1, 0.15) is 12.0 Å². The predicted octanol–water partition coefficient (Wildman–Crippen LogP) is 4.30. The lowest BCUT2D eigenvalue weighted by Gasteiger charge is -2.13. The fourth-order valence-corrected chi connectivity index (χ4v) is 2.72. The summed E-state index contributed by atoms with van der Waals surface area (Å²) in [6, 6.07) is 1.91. The smallest absolute Gasteiger partial charge is 0.345 e. The van der Waals surface area contributed by atoms with Crippen LogP contribution in [0.15, 0.2) is 58.8 Å². The lowest BCUT2D eigenvalue weighted by atomic mass is 10.2. The third kappa shape index (κ3) is 3.88. The molecule has 0 bridgehead atoms. The Labute approximate surface area is 140 Å². The largest absolute Gasteiger partial charge is 0.416 e. The minimum atomic E-state index is -4.41. The number of aliphatic imine (C=N–C) groups is 1. The van der Waals surface area contributed by atoms with Crippen LogP contribution in [0.2, 0.25) is 0 Å². The third-order valence-electron chi connectivity index (χ3n) is 3.25. The summed E-state index contributed by atoms with van der Waals surface area (Å²) in [7, 11) is 0. The highest BCUT2D eigenvalue weighted by molar-refractivity contribution is 7.12. The van der Waals surface area contributed by atoms with E-state index in [1.54, 1.807) is 17.8 Å². The van der Waals surface area contributed by atoms with E-state index in [1.165, 1.54) is 11.3 Å². The first-order chi connectivity index (χ1) is 11.4. The number of pyridine rings is 1. The van der Waals surface area contributed by atoms with Crippen molar-refractivity contribution in [1.82, 2.24) is 9.97 Å². The van der Waals surface area contributed by atoms with E-state index >= 15 is 0 Å². The molecule has 1 atom stereocenters. The van der Waals surface area contributed by atoms with E-state index in [9.17, 15) is 13.2 Å². The van der Waals surface area contributed by atoms with Gasteiger partial charge in [-0.3, -0.25) is 9.98 Å². The van der Waals surface area contributed by atoms with Crippen molar-refractivity contribution in [3.05, 3.63) is 64.3 Å². The lowest BCUT2D eigenvalue weighted by Crippen LogP contribution is -2.17. The summed E-state index contributed by atoms with van der Waals surface area (Å²) < 4.78 is 38.4. The molecule has 2 aromatic heterocycles. The molecule has 2 aromatic rings. The minimum Gasteiger partial charge on any atom is -0.345 e. The first kappa shape index (κ1) is 16.4. The van der Waals surface area contributed by atoms with Crippen LogP contribution < -0.4 is 5.32 Å². The van der Waals surface area contributed by atoms with Gasteiger partial charge in [-0.2, -0.15) is 13.2 Å². The number of rotatable bonds is 3. The number of nitrogens with one attached hydrogen (secondary N) is 1. The Bertz CT molecular complexity index is 807. The topological polar surface area (TPSA) is 50.2 Å². The molecule has 0 aliphatic carbocycles. The third-order valence-corrected chi connectivity index (χ3v) is 4.05. The molecule has 24 heavy (non-hydrogen) atoms. The predicted molar refractivity (Wildman–Crippen MR) is 88.2 cm³/mol. The van der Waals surface area contributed by atoms with Gasteiger partial charge in [-0.15, -0.1) is 11.3 Å². The molecule has 0 saturated carbocycles. The monoisotopic (exact) mass is 350 g/mol. The van der Waals surface area contributed by atoms with E-state index in [0.29, 0.717) is 0 Å². The van der Waals surface area contributed by atoms with E-state index in [0.717, 1.165) is 34.5 Å². The van der Waals surface area contributed by atoms with Crippen molar-refractivity contribution in [3.8, 4) is 0 Å². The van der Waals surface area contributed by atoms with Crippen molar-refractivity contribution in [2.45, 2.75) is 19.3 Å². The molecule has 0 radical (unpaired) electrons. The number of aromatic nitrogens is 2. The Morgan fingerprint density at radius 1 is 1.29 bits per heavy atom. The molecule has 3 heterocycles. The normalized spacial score (nSPS) is 17.9. The molecule has 0 amide bonds. The number of thiazole rings is 1. The van der Waals surface area contributed by atoms with Crippen LogP contribution in [0, 0.1) is 0 Å². The molecular weight excluding hydrogens is 337 g/mol. The second-order valence-corrected chi connectivity index (χ2v) is 6.03. The molecule has 1 aliphatic heterocycles. The maximum atomic E-state index is 12.8. The van der Waals surface area contributed by atoms with E-state index in [2.05, 4.69) is 20.3 Å². The Hall–Kier alpha value is -2.48. The van der Waals surface area contributed by atoms with Crippen LogP contribution in [0.5, 0.6) is 0 Å². The van der Waals surface area contributed by atoms with Gasteiger partial charge in [0, 0.05) is 12.4 Å². The minimum absolute atomic E-state index is 0.117. The molecule has 0 spiro atoms. The quantitative estimate of drug-likeness (QED) is 0.898. The molecule has 8 heteroatoms. The molecule has 0 saturated heterocycles. The second kappa shape index (κ2) is 6.56. The molecule has 124 valence electrons. The molecule has 1 N–H and O–H groups in total. The summed E-state index contributed by atoms with van der Waals surface area (Å²) >= 11 is 1.45. The van der Waals surface area contributed by atoms with Gasteiger partial charge in [0.05, 0.1) is 21.7 Å². The van der Waals surface area contributed by atoms with Crippen molar-refractivity contribution >= 4 is 22.9 Å². The number of allylic oxidation sites excluding steroid dienone is 3. The van der Waals surface area contributed by atoms with Gasteiger partial charge in [-0.05, 0) is 36.8 Å². The second-order valence-electron chi connectivity index (χ2n) is 5.14. The van der Waals surface area contributed by atoms with Gasteiger partial charge < -0.3 is 5.32 Å². The number of nitrogens with zero attached hydrogens (tertiary/aromatic N) is 3. The van der Waals surface area contributed by atoms with Crippen molar-refractivity contribution in [3.63, 3.8) is 0 Å². The fraction of sp³-hybridized carbons (Fsp3) is 0.188. The van der Waals surface area contributed by atoms with E-state index in [-0.39, 0.29) is 5.82 Å². The summed E-state index contributed by atoms with van der Waals surface area (Å²) in [5, 5.41) is 2.91. The first-order valence-electron chi connectivity index (χ1n) is 7.05. The van der Waals surface area contributed by atoms with Crippen LogP contribution in [0.25, 0.3) is 0 Å². The number of anilines is 1. The zero-order valence-electron chi connectivity index (χ0n) is 12.6. The van der Waals surface area contributed by atoms with Gasteiger partial charge in [-0.1, -0.05) is 6.08 Å². The molecule has 0 aromatic carbocycles. The molecule has 4 nitrogen and oxygen atoms in total.